The third kappa shape index (κ3) is 2.91. The fraction of sp³-hybridized carbons (Fsp3) is 0.182. The first-order chi connectivity index (χ1) is 7.54. The Morgan fingerprint density at radius 1 is 1.31 bits per heavy atom. The van der Waals surface area contributed by atoms with Crippen molar-refractivity contribution in [2.45, 2.75) is 0 Å². The zero-order valence-electron chi connectivity index (χ0n) is 8.71. The number of aldehydes is 1. The molecule has 16 heavy (non-hydrogen) atoms. The number of rotatable bonds is 4. The maximum Gasteiger partial charge on any atom is 0.323 e. The molecule has 0 saturated carbocycles. The van der Waals surface area contributed by atoms with Crippen molar-refractivity contribution in [3.63, 3.8) is 0 Å². The summed E-state index contributed by atoms with van der Waals surface area (Å²) in [7, 11) is 1.41. The monoisotopic (exact) mass is 221 g/mol. The van der Waals surface area contributed by atoms with E-state index < -0.39 is 5.97 Å². The Morgan fingerprint density at radius 2 is 1.88 bits per heavy atom. The highest BCUT2D eigenvalue weighted by molar-refractivity contribution is 5.96. The maximum absolute atomic E-state index is 11.7. The molecule has 0 heterocycles. The molecule has 1 aromatic carbocycles. The predicted octanol–water partition coefficient (Wildman–Crippen LogP) is 0.656. The molecule has 0 aliphatic heterocycles. The van der Waals surface area contributed by atoms with E-state index >= 15 is 0 Å². The van der Waals surface area contributed by atoms with Crippen LogP contribution in [0.4, 0.5) is 0 Å². The van der Waals surface area contributed by atoms with Crippen molar-refractivity contribution in [1.82, 2.24) is 4.90 Å². The highest BCUT2D eigenvalue weighted by Crippen LogP contribution is 2.05. The largest absolute Gasteiger partial charge is 0.480 e. The smallest absolute Gasteiger partial charge is 0.323 e. The van der Waals surface area contributed by atoms with E-state index in [1.54, 1.807) is 0 Å². The molecule has 0 aliphatic carbocycles. The molecular weight excluding hydrogens is 210 g/mol. The fourth-order valence-corrected chi connectivity index (χ4v) is 1.20. The molecule has 0 atom stereocenters. The number of nitrogens with zero attached hydrogens (tertiary/aromatic N) is 1. The lowest BCUT2D eigenvalue weighted by atomic mass is 10.1. The van der Waals surface area contributed by atoms with E-state index in [2.05, 4.69) is 0 Å². The Balaban J connectivity index is 2.79. The third-order valence-corrected chi connectivity index (χ3v) is 2.01. The summed E-state index contributed by atoms with van der Waals surface area (Å²) in [6.45, 7) is -0.353. The molecular formula is C11H11NO4. The van der Waals surface area contributed by atoms with Crippen molar-refractivity contribution in [2.75, 3.05) is 13.6 Å². The number of aliphatic carboxylic acids is 1. The molecule has 1 aromatic rings. The van der Waals surface area contributed by atoms with Crippen LogP contribution in [0.15, 0.2) is 24.3 Å². The minimum atomic E-state index is -1.07. The lowest BCUT2D eigenvalue weighted by Gasteiger charge is -2.14. The molecule has 5 nitrogen and oxygen atoms in total. The van der Waals surface area contributed by atoms with Crippen LogP contribution in [-0.2, 0) is 4.79 Å². The van der Waals surface area contributed by atoms with Gasteiger partial charge in [0.25, 0.3) is 5.91 Å². The van der Waals surface area contributed by atoms with E-state index in [-0.39, 0.29) is 12.5 Å². The molecule has 1 amide bonds. The third-order valence-electron chi connectivity index (χ3n) is 2.01. The van der Waals surface area contributed by atoms with Gasteiger partial charge in [0.1, 0.15) is 12.8 Å². The first-order valence-electron chi connectivity index (χ1n) is 4.57. The van der Waals surface area contributed by atoms with Gasteiger partial charge in [-0.2, -0.15) is 0 Å². The molecule has 0 radical (unpaired) electrons. The number of benzene rings is 1. The van der Waals surface area contributed by atoms with Crippen LogP contribution in [0.3, 0.4) is 0 Å². The fourth-order valence-electron chi connectivity index (χ4n) is 1.20. The van der Waals surface area contributed by atoms with E-state index in [0.717, 1.165) is 4.90 Å². The Morgan fingerprint density at radius 3 is 2.31 bits per heavy atom. The Hall–Kier alpha value is -2.17. The molecule has 5 heteroatoms. The number of carboxylic acid groups (broad SMARTS) is 1. The maximum atomic E-state index is 11.7. The van der Waals surface area contributed by atoms with Crippen LogP contribution in [0.1, 0.15) is 20.7 Å². The van der Waals surface area contributed by atoms with E-state index in [4.69, 9.17) is 5.11 Å². The van der Waals surface area contributed by atoms with E-state index in [9.17, 15) is 14.4 Å². The van der Waals surface area contributed by atoms with Crippen LogP contribution >= 0.6 is 0 Å². The zero-order valence-corrected chi connectivity index (χ0v) is 8.71. The van der Waals surface area contributed by atoms with Gasteiger partial charge in [-0.1, -0.05) is 12.1 Å². The van der Waals surface area contributed by atoms with Gasteiger partial charge in [-0.15, -0.1) is 0 Å². The Labute approximate surface area is 92.3 Å². The van der Waals surface area contributed by atoms with Gasteiger partial charge in [-0.05, 0) is 12.1 Å². The molecule has 1 rings (SSSR count). The van der Waals surface area contributed by atoms with Gasteiger partial charge in [-0.3, -0.25) is 14.4 Å². The van der Waals surface area contributed by atoms with Crippen LogP contribution in [-0.4, -0.2) is 41.8 Å². The summed E-state index contributed by atoms with van der Waals surface area (Å²) in [4.78, 5) is 33.5. The molecule has 0 saturated heterocycles. The SMILES string of the molecule is CN(CC(=O)O)C(=O)c1ccc(C=O)cc1. The summed E-state index contributed by atoms with van der Waals surface area (Å²) in [6, 6.07) is 6.00. The number of likely N-dealkylation sites (N-methyl/N-ethyl adjacent to an activating group) is 1. The zero-order chi connectivity index (χ0) is 12.1. The summed E-state index contributed by atoms with van der Waals surface area (Å²) in [5, 5.41) is 8.52. The predicted molar refractivity (Wildman–Crippen MR) is 56.4 cm³/mol. The van der Waals surface area contributed by atoms with Crippen molar-refractivity contribution in [3.05, 3.63) is 35.4 Å². The average molecular weight is 221 g/mol. The number of hydrogen-bond acceptors (Lipinski definition) is 3. The van der Waals surface area contributed by atoms with Crippen LogP contribution in [0.25, 0.3) is 0 Å². The van der Waals surface area contributed by atoms with Gasteiger partial charge >= 0.3 is 5.97 Å². The van der Waals surface area contributed by atoms with Gasteiger partial charge in [0, 0.05) is 18.2 Å². The van der Waals surface area contributed by atoms with Crippen molar-refractivity contribution in [1.29, 1.82) is 0 Å². The van der Waals surface area contributed by atoms with Gasteiger partial charge < -0.3 is 10.0 Å². The van der Waals surface area contributed by atoms with Gasteiger partial charge in [-0.25, -0.2) is 0 Å². The number of carboxylic acids is 1. The molecule has 0 aliphatic rings. The molecule has 0 aromatic heterocycles. The van der Waals surface area contributed by atoms with E-state index in [1.807, 2.05) is 0 Å². The van der Waals surface area contributed by atoms with Crippen molar-refractivity contribution in [3.8, 4) is 0 Å². The van der Waals surface area contributed by atoms with Gasteiger partial charge in [0.05, 0.1) is 0 Å². The summed E-state index contributed by atoms with van der Waals surface area (Å²) < 4.78 is 0. The highest BCUT2D eigenvalue weighted by atomic mass is 16.4. The summed E-state index contributed by atoms with van der Waals surface area (Å²) >= 11 is 0. The van der Waals surface area contributed by atoms with Crippen molar-refractivity contribution < 1.29 is 19.5 Å². The van der Waals surface area contributed by atoms with Gasteiger partial charge in [0.15, 0.2) is 0 Å². The summed E-state index contributed by atoms with van der Waals surface area (Å²) in [5.41, 5.74) is 0.826. The highest BCUT2D eigenvalue weighted by Gasteiger charge is 2.13. The molecule has 84 valence electrons. The number of amides is 1. The first kappa shape index (κ1) is 11.9. The minimum Gasteiger partial charge on any atom is -0.480 e. The standard InChI is InChI=1S/C11H11NO4/c1-12(6-10(14)15)11(16)9-4-2-8(7-13)3-5-9/h2-5,7H,6H2,1H3,(H,14,15). The molecule has 0 spiro atoms. The van der Waals surface area contributed by atoms with Crippen LogP contribution < -0.4 is 0 Å². The van der Waals surface area contributed by atoms with Crippen LogP contribution in [0, 0.1) is 0 Å². The quantitative estimate of drug-likeness (QED) is 0.758. The lowest BCUT2D eigenvalue weighted by Crippen LogP contribution is -2.31. The Bertz CT molecular complexity index is 410. The Kier molecular flexibility index (Phi) is 3.77. The topological polar surface area (TPSA) is 74.7 Å². The van der Waals surface area contributed by atoms with Gasteiger partial charge in [0.2, 0.25) is 0 Å². The number of carbonyl (C=O) groups is 3. The average Bonchev–Trinajstić information content (AvgIpc) is 2.27. The molecule has 0 bridgehead atoms. The molecule has 1 N–H and O–H groups in total. The normalized spacial score (nSPS) is 9.56. The number of hydrogen-bond donors (Lipinski definition) is 1. The van der Waals surface area contributed by atoms with Crippen LogP contribution in [0.2, 0.25) is 0 Å². The summed E-state index contributed by atoms with van der Waals surface area (Å²) in [6.07, 6.45) is 0.676. The molecule has 0 unspecified atom stereocenters. The van der Waals surface area contributed by atoms with Crippen molar-refractivity contribution >= 4 is 18.2 Å². The lowest BCUT2D eigenvalue weighted by molar-refractivity contribution is -0.137. The second-order valence-electron chi connectivity index (χ2n) is 3.29. The van der Waals surface area contributed by atoms with Crippen molar-refractivity contribution in [2.24, 2.45) is 0 Å². The number of carbonyl (C=O) groups excluding carboxylic acids is 2. The first-order valence-corrected chi connectivity index (χ1v) is 4.57. The summed E-state index contributed by atoms with van der Waals surface area (Å²) in [5.74, 6) is -1.46. The second kappa shape index (κ2) is 5.06. The second-order valence-corrected chi connectivity index (χ2v) is 3.29. The molecule has 0 fully saturated rings. The minimum absolute atomic E-state index is 0.353. The van der Waals surface area contributed by atoms with E-state index in [1.165, 1.54) is 31.3 Å². The van der Waals surface area contributed by atoms with E-state index in [0.29, 0.717) is 17.4 Å². The van der Waals surface area contributed by atoms with Crippen LogP contribution in [0.5, 0.6) is 0 Å².